The van der Waals surface area contributed by atoms with Gasteiger partial charge < -0.3 is 0 Å². The topological polar surface area (TPSA) is 0 Å². The Labute approximate surface area is 83.2 Å². The quantitative estimate of drug-likeness (QED) is 0.479. The zero-order valence-corrected chi connectivity index (χ0v) is 9.86. The molecule has 3 heteroatoms. The van der Waals surface area contributed by atoms with Crippen LogP contribution in [0.1, 0.15) is 33.6 Å². The average molecular weight is 213 g/mol. The van der Waals surface area contributed by atoms with E-state index < -0.39 is 0 Å². The van der Waals surface area contributed by atoms with Gasteiger partial charge in [0.2, 0.25) is 0 Å². The summed E-state index contributed by atoms with van der Waals surface area (Å²) in [5.74, 6) is 0.796. The van der Waals surface area contributed by atoms with Crippen molar-refractivity contribution in [2.75, 3.05) is 5.88 Å². The van der Waals surface area contributed by atoms with Crippen LogP contribution >= 0.6 is 33.2 Å². The van der Waals surface area contributed by atoms with Crippen LogP contribution < -0.4 is 0 Å². The Kier molecular flexibility index (Phi) is 8.32. The Morgan fingerprint density at radius 2 is 1.91 bits per heavy atom. The lowest BCUT2D eigenvalue weighted by Crippen LogP contribution is -2.00. The average Bonchev–Trinajstić information content (AvgIpc) is 1.97. The van der Waals surface area contributed by atoms with E-state index in [1.807, 2.05) is 21.6 Å². The molecule has 0 saturated heterocycles. The molecule has 1 unspecified atom stereocenters. The van der Waals surface area contributed by atoms with Crippen molar-refractivity contribution in [1.82, 2.24) is 0 Å². The number of halogens is 1. The van der Waals surface area contributed by atoms with Gasteiger partial charge in [-0.3, -0.25) is 0 Å². The molecule has 0 aliphatic carbocycles. The second-order valence-corrected chi connectivity index (χ2v) is 6.28. The van der Waals surface area contributed by atoms with E-state index in [-0.39, 0.29) is 0 Å². The van der Waals surface area contributed by atoms with Crippen molar-refractivity contribution in [2.24, 2.45) is 0 Å². The van der Waals surface area contributed by atoms with Crippen LogP contribution in [-0.4, -0.2) is 16.4 Å². The molecule has 11 heavy (non-hydrogen) atoms. The van der Waals surface area contributed by atoms with E-state index in [0.29, 0.717) is 0 Å². The summed E-state index contributed by atoms with van der Waals surface area (Å²) in [7, 11) is 3.95. The van der Waals surface area contributed by atoms with Gasteiger partial charge in [-0.05, 0) is 12.8 Å². The Morgan fingerprint density at radius 3 is 2.27 bits per heavy atom. The second kappa shape index (κ2) is 7.63. The predicted octanol–water partition coefficient (Wildman–Crippen LogP) is 4.18. The lowest BCUT2D eigenvalue weighted by atomic mass is 10.3. The van der Waals surface area contributed by atoms with Gasteiger partial charge in [-0.25, -0.2) is 0 Å². The fourth-order valence-corrected chi connectivity index (χ4v) is 3.59. The first-order valence-corrected chi connectivity index (χ1v) is 6.89. The molecule has 68 valence electrons. The molecule has 0 aromatic carbocycles. The largest absolute Gasteiger partial charge is 0.127 e. The summed E-state index contributed by atoms with van der Waals surface area (Å²) in [5.41, 5.74) is 0. The highest BCUT2D eigenvalue weighted by molar-refractivity contribution is 8.77. The maximum Gasteiger partial charge on any atom is 0.0234 e. The summed E-state index contributed by atoms with van der Waals surface area (Å²) in [6.45, 7) is 6.68. The summed E-state index contributed by atoms with van der Waals surface area (Å²) < 4.78 is 0. The third-order valence-electron chi connectivity index (χ3n) is 1.27. The molecule has 0 bridgehead atoms. The van der Waals surface area contributed by atoms with Crippen LogP contribution in [0, 0.1) is 0 Å². The summed E-state index contributed by atoms with van der Waals surface area (Å²) in [4.78, 5) is 0. The van der Waals surface area contributed by atoms with Gasteiger partial charge in [0.25, 0.3) is 0 Å². The number of hydrogen-bond acceptors (Lipinski definition) is 2. The lowest BCUT2D eigenvalue weighted by molar-refractivity contribution is 0.801. The first-order chi connectivity index (χ1) is 5.20. The Balaban J connectivity index is 3.35. The standard InChI is InChI=1S/C8H17ClS2/c1-4-8(5-6-9)11-10-7(2)3/h7-8H,4-6H2,1-3H3. The zero-order chi connectivity index (χ0) is 8.69. The van der Waals surface area contributed by atoms with E-state index in [0.717, 1.165) is 22.8 Å². The van der Waals surface area contributed by atoms with Crippen molar-refractivity contribution in [3.05, 3.63) is 0 Å². The minimum atomic E-state index is 0.726. The van der Waals surface area contributed by atoms with Gasteiger partial charge in [0, 0.05) is 16.4 Å². The third kappa shape index (κ3) is 7.35. The van der Waals surface area contributed by atoms with Gasteiger partial charge in [-0.2, -0.15) is 0 Å². The van der Waals surface area contributed by atoms with Crippen molar-refractivity contribution < 1.29 is 0 Å². The Bertz CT molecular complexity index is 86.2. The van der Waals surface area contributed by atoms with Gasteiger partial charge >= 0.3 is 0 Å². The molecule has 0 aromatic rings. The SMILES string of the molecule is CCC(CCCl)SSC(C)C. The highest BCUT2D eigenvalue weighted by atomic mass is 35.5. The minimum absolute atomic E-state index is 0.726. The highest BCUT2D eigenvalue weighted by Gasteiger charge is 2.07. The normalized spacial score (nSPS) is 13.9. The van der Waals surface area contributed by atoms with Gasteiger partial charge in [0.1, 0.15) is 0 Å². The van der Waals surface area contributed by atoms with Crippen LogP contribution in [0.25, 0.3) is 0 Å². The minimum Gasteiger partial charge on any atom is -0.127 e. The smallest absolute Gasteiger partial charge is 0.0234 e. The van der Waals surface area contributed by atoms with Crippen molar-refractivity contribution in [2.45, 2.75) is 44.1 Å². The molecule has 1 atom stereocenters. The second-order valence-electron chi connectivity index (χ2n) is 2.75. The van der Waals surface area contributed by atoms with Gasteiger partial charge in [-0.15, -0.1) is 11.6 Å². The van der Waals surface area contributed by atoms with E-state index >= 15 is 0 Å². The summed E-state index contributed by atoms with van der Waals surface area (Å²) in [6.07, 6.45) is 2.37. The van der Waals surface area contributed by atoms with E-state index in [9.17, 15) is 0 Å². The maximum absolute atomic E-state index is 5.67. The van der Waals surface area contributed by atoms with Crippen molar-refractivity contribution in [3.8, 4) is 0 Å². The highest BCUT2D eigenvalue weighted by Crippen LogP contribution is 2.33. The molecule has 0 heterocycles. The van der Waals surface area contributed by atoms with Crippen molar-refractivity contribution >= 4 is 33.2 Å². The van der Waals surface area contributed by atoms with E-state index in [1.165, 1.54) is 6.42 Å². The fraction of sp³-hybridized carbons (Fsp3) is 1.00. The molecule has 0 fully saturated rings. The molecule has 0 saturated carbocycles. The lowest BCUT2D eigenvalue weighted by Gasteiger charge is -2.12. The van der Waals surface area contributed by atoms with Crippen LogP contribution in [0.2, 0.25) is 0 Å². The fourth-order valence-electron chi connectivity index (χ4n) is 0.632. The Hall–Kier alpha value is 0.990. The van der Waals surface area contributed by atoms with E-state index in [1.54, 1.807) is 0 Å². The van der Waals surface area contributed by atoms with Crippen molar-refractivity contribution in [3.63, 3.8) is 0 Å². The predicted molar refractivity (Wildman–Crippen MR) is 59.7 cm³/mol. The van der Waals surface area contributed by atoms with Crippen LogP contribution in [0.4, 0.5) is 0 Å². The molecule has 0 aromatic heterocycles. The first kappa shape index (κ1) is 12.0. The van der Waals surface area contributed by atoms with Crippen molar-refractivity contribution in [1.29, 1.82) is 0 Å². The summed E-state index contributed by atoms with van der Waals surface area (Å²) >= 11 is 5.67. The molecule has 0 aliphatic rings. The van der Waals surface area contributed by atoms with E-state index in [4.69, 9.17) is 11.6 Å². The molecule has 0 spiro atoms. The molecule has 0 N–H and O–H groups in total. The first-order valence-electron chi connectivity index (χ1n) is 4.08. The summed E-state index contributed by atoms with van der Waals surface area (Å²) in [6, 6.07) is 0. The van der Waals surface area contributed by atoms with Crippen LogP contribution in [0.5, 0.6) is 0 Å². The molecule has 0 nitrogen and oxygen atoms in total. The number of rotatable bonds is 6. The summed E-state index contributed by atoms with van der Waals surface area (Å²) in [5, 5.41) is 1.48. The van der Waals surface area contributed by atoms with Gasteiger partial charge in [0.05, 0.1) is 0 Å². The van der Waals surface area contributed by atoms with E-state index in [2.05, 4.69) is 20.8 Å². The molecule has 0 amide bonds. The van der Waals surface area contributed by atoms with Crippen LogP contribution in [0.15, 0.2) is 0 Å². The molecular formula is C8H17ClS2. The van der Waals surface area contributed by atoms with Crippen LogP contribution in [-0.2, 0) is 0 Å². The molecule has 0 rings (SSSR count). The molecule has 0 radical (unpaired) electrons. The molecular weight excluding hydrogens is 196 g/mol. The maximum atomic E-state index is 5.67. The molecule has 0 aliphatic heterocycles. The number of hydrogen-bond donors (Lipinski definition) is 0. The van der Waals surface area contributed by atoms with Gasteiger partial charge in [0.15, 0.2) is 0 Å². The van der Waals surface area contributed by atoms with Crippen LogP contribution in [0.3, 0.4) is 0 Å². The monoisotopic (exact) mass is 212 g/mol. The Morgan fingerprint density at radius 1 is 1.27 bits per heavy atom. The third-order valence-corrected chi connectivity index (χ3v) is 5.13. The van der Waals surface area contributed by atoms with Gasteiger partial charge in [-0.1, -0.05) is 42.4 Å². The zero-order valence-electron chi connectivity index (χ0n) is 7.47. The number of alkyl halides is 1.